The number of benzene rings is 2. The lowest BCUT2D eigenvalue weighted by molar-refractivity contribution is -0.130. The van der Waals surface area contributed by atoms with E-state index in [4.69, 9.17) is 0 Å². The molecule has 1 atom stereocenters. The first kappa shape index (κ1) is 27.3. The second kappa shape index (κ2) is 11.0. The Hall–Kier alpha value is -3.70. The van der Waals surface area contributed by atoms with Crippen LogP contribution in [0.25, 0.3) is 22.2 Å². The van der Waals surface area contributed by atoms with Gasteiger partial charge in [-0.3, -0.25) is 10.1 Å². The zero-order valence-corrected chi connectivity index (χ0v) is 21.6. The van der Waals surface area contributed by atoms with Crippen molar-refractivity contribution < 1.29 is 26.4 Å². The van der Waals surface area contributed by atoms with E-state index in [2.05, 4.69) is 15.6 Å². The van der Waals surface area contributed by atoms with E-state index in [0.717, 1.165) is 15.1 Å². The number of carbonyl (C=O) groups is 1. The molecule has 0 aliphatic rings. The Labute approximate surface area is 218 Å². The average molecular weight is 545 g/mol. The first-order valence-electron chi connectivity index (χ1n) is 11.9. The fraction of sp³-hybridized carbons (Fsp3) is 0.259. The highest BCUT2D eigenvalue weighted by Crippen LogP contribution is 2.31. The van der Waals surface area contributed by atoms with Crippen molar-refractivity contribution in [3.63, 3.8) is 0 Å². The number of nitrogens with one attached hydrogen (secondary N) is 2. The molecule has 11 heteroatoms. The van der Waals surface area contributed by atoms with Crippen LogP contribution in [0.5, 0.6) is 0 Å². The summed E-state index contributed by atoms with van der Waals surface area (Å²) in [6.07, 6.45) is -1.20. The van der Waals surface area contributed by atoms with Crippen LogP contribution >= 0.6 is 0 Å². The van der Waals surface area contributed by atoms with Gasteiger partial charge in [-0.15, -0.1) is 0 Å². The number of carbonyl (C=O) groups excluding carboxylic acids is 1. The molecule has 0 aliphatic heterocycles. The Bertz CT molecular complexity index is 1520. The molecule has 38 heavy (non-hydrogen) atoms. The van der Waals surface area contributed by atoms with Crippen LogP contribution in [-0.4, -0.2) is 42.0 Å². The number of amides is 1. The lowest BCUT2D eigenvalue weighted by Crippen LogP contribution is -2.45. The molecule has 2 aromatic carbocycles. The summed E-state index contributed by atoms with van der Waals surface area (Å²) in [5.41, 5.74) is 2.19. The molecular weight excluding hydrogens is 517 g/mol. The van der Waals surface area contributed by atoms with Gasteiger partial charge in [-0.25, -0.2) is 17.4 Å². The first-order chi connectivity index (χ1) is 18.0. The van der Waals surface area contributed by atoms with Crippen molar-refractivity contribution in [3.05, 3.63) is 79.1 Å². The van der Waals surface area contributed by atoms with Gasteiger partial charge in [0.2, 0.25) is 5.91 Å². The van der Waals surface area contributed by atoms with Gasteiger partial charge in [0.25, 0.3) is 10.0 Å². The predicted molar refractivity (Wildman–Crippen MR) is 140 cm³/mol. The molecule has 4 aromatic rings. The first-order valence-corrected chi connectivity index (χ1v) is 13.4. The number of halogens is 3. The zero-order valence-electron chi connectivity index (χ0n) is 20.7. The van der Waals surface area contributed by atoms with Crippen molar-refractivity contribution in [1.29, 1.82) is 0 Å². The smallest absolute Gasteiger partial charge is 0.325 e. The van der Waals surface area contributed by atoms with Crippen molar-refractivity contribution in [1.82, 2.24) is 14.3 Å². The summed E-state index contributed by atoms with van der Waals surface area (Å²) in [5, 5.41) is 5.60. The second-order valence-electron chi connectivity index (χ2n) is 9.27. The van der Waals surface area contributed by atoms with Gasteiger partial charge in [0.05, 0.1) is 17.5 Å². The number of fused-ring (bicyclic) bond motifs is 1. The molecule has 0 radical (unpaired) electrons. The normalized spacial score (nSPS) is 13.1. The molecule has 0 aliphatic carbocycles. The molecule has 0 bridgehead atoms. The van der Waals surface area contributed by atoms with Crippen LogP contribution in [0.3, 0.4) is 0 Å². The van der Waals surface area contributed by atoms with E-state index in [0.29, 0.717) is 11.1 Å². The monoisotopic (exact) mass is 544 g/mol. The number of hydrogen-bond acceptors (Lipinski definition) is 5. The Morgan fingerprint density at radius 2 is 1.68 bits per heavy atom. The zero-order chi connectivity index (χ0) is 27.5. The molecule has 0 unspecified atom stereocenters. The van der Waals surface area contributed by atoms with E-state index in [1.807, 2.05) is 13.8 Å². The van der Waals surface area contributed by atoms with Crippen LogP contribution in [0.15, 0.2) is 84.0 Å². The summed E-state index contributed by atoms with van der Waals surface area (Å²) in [4.78, 5) is 17.1. The van der Waals surface area contributed by atoms with Gasteiger partial charge in [-0.2, -0.15) is 13.2 Å². The SMILES string of the molecule is CC(C)C[C@@H](NCC(F)(F)F)C(=O)Nc1ccc(-c2ccnc3c2ccn3S(=O)(=O)c2ccccc2)cc1. The lowest BCUT2D eigenvalue weighted by Gasteiger charge is -2.21. The van der Waals surface area contributed by atoms with Gasteiger partial charge in [0.15, 0.2) is 5.65 Å². The molecule has 0 saturated heterocycles. The summed E-state index contributed by atoms with van der Waals surface area (Å²) in [6.45, 7) is 2.41. The highest BCUT2D eigenvalue weighted by molar-refractivity contribution is 7.90. The minimum Gasteiger partial charge on any atom is -0.325 e. The maximum atomic E-state index is 13.1. The predicted octanol–water partition coefficient (Wildman–Crippen LogP) is 5.45. The highest BCUT2D eigenvalue weighted by atomic mass is 32.2. The van der Waals surface area contributed by atoms with E-state index in [1.165, 1.54) is 24.5 Å². The van der Waals surface area contributed by atoms with Crippen molar-refractivity contribution >= 4 is 32.7 Å². The van der Waals surface area contributed by atoms with Gasteiger partial charge in [-0.1, -0.05) is 44.2 Å². The molecule has 2 heterocycles. The van der Waals surface area contributed by atoms with E-state index >= 15 is 0 Å². The maximum absolute atomic E-state index is 13.1. The van der Waals surface area contributed by atoms with E-state index in [-0.39, 0.29) is 22.9 Å². The summed E-state index contributed by atoms with van der Waals surface area (Å²) in [7, 11) is -3.84. The number of nitrogens with zero attached hydrogens (tertiary/aromatic N) is 2. The number of pyridine rings is 1. The maximum Gasteiger partial charge on any atom is 0.401 e. The Kier molecular flexibility index (Phi) is 7.89. The van der Waals surface area contributed by atoms with Crippen LogP contribution in [0, 0.1) is 5.92 Å². The molecule has 2 aromatic heterocycles. The van der Waals surface area contributed by atoms with E-state index < -0.39 is 34.7 Å². The minimum atomic E-state index is -4.42. The van der Waals surface area contributed by atoms with Crippen LogP contribution in [0.2, 0.25) is 0 Å². The van der Waals surface area contributed by atoms with Gasteiger partial charge >= 0.3 is 6.18 Å². The number of alkyl halides is 3. The Morgan fingerprint density at radius 3 is 2.32 bits per heavy atom. The summed E-state index contributed by atoms with van der Waals surface area (Å²) >= 11 is 0. The number of aromatic nitrogens is 2. The van der Waals surface area contributed by atoms with Crippen molar-refractivity contribution in [2.24, 2.45) is 5.92 Å². The number of hydrogen-bond donors (Lipinski definition) is 2. The second-order valence-corrected chi connectivity index (χ2v) is 11.1. The van der Waals surface area contributed by atoms with Crippen molar-refractivity contribution in [2.75, 3.05) is 11.9 Å². The molecule has 0 fully saturated rings. The van der Waals surface area contributed by atoms with Gasteiger partial charge in [0.1, 0.15) is 0 Å². The Morgan fingerprint density at radius 1 is 1.00 bits per heavy atom. The third-order valence-electron chi connectivity index (χ3n) is 5.89. The molecule has 0 spiro atoms. The van der Waals surface area contributed by atoms with Gasteiger partial charge < -0.3 is 5.32 Å². The van der Waals surface area contributed by atoms with Gasteiger partial charge in [-0.05, 0) is 59.9 Å². The van der Waals surface area contributed by atoms with Crippen molar-refractivity contribution in [3.8, 4) is 11.1 Å². The lowest BCUT2D eigenvalue weighted by atomic mass is 10.0. The van der Waals surface area contributed by atoms with Crippen LogP contribution in [0.4, 0.5) is 18.9 Å². The van der Waals surface area contributed by atoms with Crippen molar-refractivity contribution in [2.45, 2.75) is 37.4 Å². The van der Waals surface area contributed by atoms with E-state index in [9.17, 15) is 26.4 Å². The van der Waals surface area contributed by atoms with Gasteiger partial charge in [0, 0.05) is 23.5 Å². The molecule has 1 amide bonds. The van der Waals surface area contributed by atoms with Crippen LogP contribution in [-0.2, 0) is 14.8 Å². The summed E-state index contributed by atoms with van der Waals surface area (Å²) in [6, 6.07) is 17.3. The third-order valence-corrected chi connectivity index (χ3v) is 7.57. The highest BCUT2D eigenvalue weighted by Gasteiger charge is 2.30. The van der Waals surface area contributed by atoms with Crippen LogP contribution in [0.1, 0.15) is 20.3 Å². The summed E-state index contributed by atoms with van der Waals surface area (Å²) in [5.74, 6) is -0.536. The molecule has 4 rings (SSSR count). The quantitative estimate of drug-likeness (QED) is 0.293. The minimum absolute atomic E-state index is 0.0148. The molecule has 200 valence electrons. The molecule has 2 N–H and O–H groups in total. The number of anilines is 1. The fourth-order valence-corrected chi connectivity index (χ4v) is 5.45. The number of rotatable bonds is 9. The topological polar surface area (TPSA) is 93.1 Å². The Balaban J connectivity index is 1.56. The standard InChI is InChI=1S/C27H27F3N4O3S/c1-18(2)16-24(32-17-27(28,29)30)26(35)33-20-10-8-19(9-11-20)22-12-14-31-25-23(22)13-15-34(25)38(36,37)21-6-4-3-5-7-21/h3-15,18,24,32H,16-17H2,1-2H3,(H,33,35)/t24-/m1/s1. The molecule has 0 saturated carbocycles. The van der Waals surface area contributed by atoms with Crippen LogP contribution < -0.4 is 10.6 Å². The largest absolute Gasteiger partial charge is 0.401 e. The summed E-state index contributed by atoms with van der Waals surface area (Å²) < 4.78 is 65.5. The molecule has 7 nitrogen and oxygen atoms in total. The third kappa shape index (κ3) is 6.22. The van der Waals surface area contributed by atoms with E-state index in [1.54, 1.807) is 54.6 Å². The molecular formula is C27H27F3N4O3S. The average Bonchev–Trinajstić information content (AvgIpc) is 3.32. The fourth-order valence-electron chi connectivity index (χ4n) is 4.12.